The van der Waals surface area contributed by atoms with Crippen molar-refractivity contribution < 1.29 is 19.1 Å². The lowest BCUT2D eigenvalue weighted by molar-refractivity contribution is -0.132. The minimum Gasteiger partial charge on any atom is -0.477 e. The van der Waals surface area contributed by atoms with E-state index in [1.54, 1.807) is 37.3 Å². The summed E-state index contributed by atoms with van der Waals surface area (Å²) in [6.45, 7) is 3.61. The number of furan rings is 1. The molecule has 2 N–H and O–H groups in total. The molecule has 21 heavy (non-hydrogen) atoms. The van der Waals surface area contributed by atoms with Gasteiger partial charge in [0.2, 0.25) is 0 Å². The van der Waals surface area contributed by atoms with E-state index >= 15 is 0 Å². The van der Waals surface area contributed by atoms with E-state index in [4.69, 9.17) is 9.52 Å². The molecule has 108 valence electrons. The second-order valence-electron chi connectivity index (χ2n) is 4.64. The van der Waals surface area contributed by atoms with Crippen LogP contribution in [0.5, 0.6) is 0 Å². The fourth-order valence-electron chi connectivity index (χ4n) is 1.81. The second kappa shape index (κ2) is 6.09. The number of carbonyl (C=O) groups is 2. The number of aryl methyl sites for hydroxylation is 2. The molecule has 0 aliphatic rings. The predicted octanol–water partition coefficient (Wildman–Crippen LogP) is 2.75. The molecule has 1 aromatic carbocycles. The van der Waals surface area contributed by atoms with E-state index in [0.29, 0.717) is 17.1 Å². The molecule has 0 aliphatic carbocycles. The van der Waals surface area contributed by atoms with Crippen LogP contribution in [0.2, 0.25) is 0 Å². The van der Waals surface area contributed by atoms with Gasteiger partial charge in [-0.3, -0.25) is 4.79 Å². The number of carbonyl (C=O) groups excluding carboxylic acids is 1. The highest BCUT2D eigenvalue weighted by Crippen LogP contribution is 2.11. The van der Waals surface area contributed by atoms with Crippen molar-refractivity contribution in [1.82, 2.24) is 5.32 Å². The summed E-state index contributed by atoms with van der Waals surface area (Å²) >= 11 is 0. The molecule has 0 atom stereocenters. The van der Waals surface area contributed by atoms with Gasteiger partial charge >= 0.3 is 5.97 Å². The van der Waals surface area contributed by atoms with Crippen molar-refractivity contribution in [2.24, 2.45) is 0 Å². The highest BCUT2D eigenvalue weighted by molar-refractivity contribution is 6.02. The number of benzene rings is 1. The van der Waals surface area contributed by atoms with Crippen LogP contribution in [0.1, 0.15) is 27.4 Å². The van der Waals surface area contributed by atoms with Gasteiger partial charge in [0.15, 0.2) is 0 Å². The number of hydrogen-bond donors (Lipinski definition) is 2. The van der Waals surface area contributed by atoms with Crippen LogP contribution in [0.4, 0.5) is 0 Å². The van der Waals surface area contributed by atoms with Gasteiger partial charge in [-0.1, -0.05) is 17.7 Å². The molecule has 5 heteroatoms. The molecule has 0 unspecified atom stereocenters. The Labute approximate surface area is 121 Å². The number of nitrogens with one attached hydrogen (secondary N) is 1. The van der Waals surface area contributed by atoms with Gasteiger partial charge in [0.05, 0.1) is 0 Å². The monoisotopic (exact) mass is 285 g/mol. The summed E-state index contributed by atoms with van der Waals surface area (Å²) in [6.07, 6.45) is 1.28. The fourth-order valence-corrected chi connectivity index (χ4v) is 1.81. The summed E-state index contributed by atoms with van der Waals surface area (Å²) < 4.78 is 5.28. The Balaban J connectivity index is 2.22. The van der Waals surface area contributed by atoms with Crippen molar-refractivity contribution in [3.05, 3.63) is 64.7 Å². The lowest BCUT2D eigenvalue weighted by atomic mass is 10.1. The average molecular weight is 285 g/mol. The van der Waals surface area contributed by atoms with Crippen molar-refractivity contribution in [1.29, 1.82) is 0 Å². The first-order valence-corrected chi connectivity index (χ1v) is 6.35. The minimum atomic E-state index is -1.23. The van der Waals surface area contributed by atoms with Gasteiger partial charge < -0.3 is 14.8 Å². The number of aliphatic carboxylic acids is 1. The standard InChI is InChI=1S/C16H15NO4/c1-10-4-3-5-12(8-10)15(18)17-14(16(19)20)9-13-7-6-11(2)21-13/h3-9H,1-2H3,(H,17,18)(H,19,20)/b14-9+. The molecule has 0 fully saturated rings. The quantitative estimate of drug-likeness (QED) is 0.846. The van der Waals surface area contributed by atoms with Gasteiger partial charge in [-0.15, -0.1) is 0 Å². The zero-order valence-electron chi connectivity index (χ0n) is 11.7. The molecule has 2 rings (SSSR count). The molecule has 1 aromatic heterocycles. The number of amides is 1. The summed E-state index contributed by atoms with van der Waals surface area (Å²) in [6, 6.07) is 10.3. The highest BCUT2D eigenvalue weighted by Gasteiger charge is 2.14. The Kier molecular flexibility index (Phi) is 4.23. The molecule has 1 heterocycles. The van der Waals surface area contributed by atoms with Crippen LogP contribution < -0.4 is 5.32 Å². The molecule has 0 bridgehead atoms. The van der Waals surface area contributed by atoms with Gasteiger partial charge in [0.25, 0.3) is 5.91 Å². The average Bonchev–Trinajstić information content (AvgIpc) is 2.83. The maximum Gasteiger partial charge on any atom is 0.352 e. The van der Waals surface area contributed by atoms with E-state index < -0.39 is 11.9 Å². The van der Waals surface area contributed by atoms with Gasteiger partial charge in [0.1, 0.15) is 17.2 Å². The van der Waals surface area contributed by atoms with Gasteiger partial charge in [0, 0.05) is 11.6 Å². The summed E-state index contributed by atoms with van der Waals surface area (Å²) in [5, 5.41) is 11.5. The Morgan fingerprint density at radius 1 is 1.19 bits per heavy atom. The first-order chi connectivity index (χ1) is 9.95. The van der Waals surface area contributed by atoms with E-state index in [1.807, 2.05) is 13.0 Å². The molecule has 5 nitrogen and oxygen atoms in total. The third-order valence-corrected chi connectivity index (χ3v) is 2.81. The zero-order valence-corrected chi connectivity index (χ0v) is 11.7. The van der Waals surface area contributed by atoms with E-state index in [-0.39, 0.29) is 5.70 Å². The molecule has 0 spiro atoms. The number of rotatable bonds is 4. The highest BCUT2D eigenvalue weighted by atomic mass is 16.4. The molecule has 2 aromatic rings. The number of hydrogen-bond acceptors (Lipinski definition) is 3. The second-order valence-corrected chi connectivity index (χ2v) is 4.64. The van der Waals surface area contributed by atoms with Crippen molar-refractivity contribution in [2.45, 2.75) is 13.8 Å². The normalized spacial score (nSPS) is 11.2. The number of carboxylic acids is 1. The van der Waals surface area contributed by atoms with E-state index in [0.717, 1.165) is 5.56 Å². The van der Waals surface area contributed by atoms with Crippen LogP contribution in [0, 0.1) is 13.8 Å². The first-order valence-electron chi connectivity index (χ1n) is 6.35. The maximum atomic E-state index is 12.1. The number of carboxylic acid groups (broad SMARTS) is 1. The van der Waals surface area contributed by atoms with E-state index in [1.165, 1.54) is 6.08 Å². The van der Waals surface area contributed by atoms with Crippen LogP contribution >= 0.6 is 0 Å². The van der Waals surface area contributed by atoms with Crippen molar-refractivity contribution in [3.63, 3.8) is 0 Å². The Morgan fingerprint density at radius 3 is 2.52 bits per heavy atom. The van der Waals surface area contributed by atoms with E-state index in [2.05, 4.69) is 5.32 Å². The summed E-state index contributed by atoms with van der Waals surface area (Å²) in [5.74, 6) is -0.675. The smallest absolute Gasteiger partial charge is 0.352 e. The Morgan fingerprint density at radius 2 is 1.95 bits per heavy atom. The summed E-state index contributed by atoms with van der Waals surface area (Å²) in [7, 11) is 0. The Hall–Kier alpha value is -2.82. The predicted molar refractivity (Wildman–Crippen MR) is 77.7 cm³/mol. The van der Waals surface area contributed by atoms with Gasteiger partial charge in [-0.05, 0) is 38.1 Å². The largest absolute Gasteiger partial charge is 0.477 e. The van der Waals surface area contributed by atoms with Crippen LogP contribution in [0.25, 0.3) is 6.08 Å². The molecule has 0 radical (unpaired) electrons. The van der Waals surface area contributed by atoms with Crippen LogP contribution in [0.15, 0.2) is 46.5 Å². The molecular weight excluding hydrogens is 270 g/mol. The first kappa shape index (κ1) is 14.6. The van der Waals surface area contributed by atoms with Crippen molar-refractivity contribution >= 4 is 18.0 Å². The third kappa shape index (κ3) is 3.82. The van der Waals surface area contributed by atoms with Crippen LogP contribution in [-0.2, 0) is 4.79 Å². The van der Waals surface area contributed by atoms with Crippen molar-refractivity contribution in [2.75, 3.05) is 0 Å². The molecule has 0 aliphatic heterocycles. The molecule has 0 saturated heterocycles. The molecule has 1 amide bonds. The van der Waals surface area contributed by atoms with E-state index in [9.17, 15) is 9.59 Å². The van der Waals surface area contributed by atoms with Gasteiger partial charge in [-0.2, -0.15) is 0 Å². The summed E-state index contributed by atoms with van der Waals surface area (Å²) in [5.41, 5.74) is 1.08. The summed E-state index contributed by atoms with van der Waals surface area (Å²) in [4.78, 5) is 23.3. The zero-order chi connectivity index (χ0) is 15.4. The molecular formula is C16H15NO4. The minimum absolute atomic E-state index is 0.240. The lowest BCUT2D eigenvalue weighted by Crippen LogP contribution is -2.27. The fraction of sp³-hybridized carbons (Fsp3) is 0.125. The Bertz CT molecular complexity index is 713. The van der Waals surface area contributed by atoms with Crippen molar-refractivity contribution in [3.8, 4) is 0 Å². The topological polar surface area (TPSA) is 79.5 Å². The van der Waals surface area contributed by atoms with Gasteiger partial charge in [-0.25, -0.2) is 4.79 Å². The van der Waals surface area contributed by atoms with Crippen LogP contribution in [-0.4, -0.2) is 17.0 Å². The third-order valence-electron chi connectivity index (χ3n) is 2.81. The van der Waals surface area contributed by atoms with Crippen LogP contribution in [0.3, 0.4) is 0 Å². The lowest BCUT2D eigenvalue weighted by Gasteiger charge is -2.06. The molecule has 0 saturated carbocycles. The maximum absolute atomic E-state index is 12.1. The SMILES string of the molecule is Cc1cccc(C(=O)N/C(=C/c2ccc(C)o2)C(=O)O)c1.